The number of nitrogens with one attached hydrogen (secondary N) is 2. The molecule has 3 rings (SSSR count). The van der Waals surface area contributed by atoms with Crippen molar-refractivity contribution in [1.82, 2.24) is 0 Å². The fourth-order valence-corrected chi connectivity index (χ4v) is 2.26. The van der Waals surface area contributed by atoms with Gasteiger partial charge in [-0.05, 0) is 43.7 Å². The first kappa shape index (κ1) is 14.1. The predicted molar refractivity (Wildman–Crippen MR) is 83.9 cm³/mol. The Morgan fingerprint density at radius 1 is 1.18 bits per heavy atom. The van der Waals surface area contributed by atoms with E-state index in [1.54, 1.807) is 30.3 Å². The molecule has 22 heavy (non-hydrogen) atoms. The van der Waals surface area contributed by atoms with E-state index in [1.165, 1.54) is 6.92 Å². The van der Waals surface area contributed by atoms with E-state index in [4.69, 9.17) is 4.74 Å². The van der Waals surface area contributed by atoms with Crippen LogP contribution in [-0.2, 0) is 9.59 Å². The molecule has 2 aromatic rings. The number of carbonyl (C=O) groups excluding carboxylic acids is 2. The molecule has 0 fully saturated rings. The number of fused-ring (bicyclic) bond motifs is 1. The number of hydrogen-bond donors (Lipinski definition) is 2. The molecule has 112 valence electrons. The van der Waals surface area contributed by atoms with Gasteiger partial charge in [0, 0.05) is 5.69 Å². The Morgan fingerprint density at radius 2 is 1.91 bits per heavy atom. The van der Waals surface area contributed by atoms with Crippen LogP contribution in [0.3, 0.4) is 0 Å². The highest BCUT2D eigenvalue weighted by molar-refractivity contribution is 6.19. The maximum Gasteiger partial charge on any atom is 0.278 e. The maximum atomic E-state index is 12.5. The van der Waals surface area contributed by atoms with Gasteiger partial charge in [-0.3, -0.25) is 9.59 Å². The lowest BCUT2D eigenvalue weighted by Crippen LogP contribution is -2.56. The molecule has 1 unspecified atom stereocenters. The van der Waals surface area contributed by atoms with E-state index in [1.807, 2.05) is 25.1 Å². The van der Waals surface area contributed by atoms with Crippen molar-refractivity contribution in [2.45, 2.75) is 19.4 Å². The van der Waals surface area contributed by atoms with Gasteiger partial charge in [-0.1, -0.05) is 24.3 Å². The van der Waals surface area contributed by atoms with Crippen molar-refractivity contribution < 1.29 is 14.3 Å². The van der Waals surface area contributed by atoms with Crippen LogP contribution in [0, 0.1) is 6.92 Å². The van der Waals surface area contributed by atoms with Gasteiger partial charge in [0.1, 0.15) is 5.75 Å². The van der Waals surface area contributed by atoms with E-state index >= 15 is 0 Å². The Kier molecular flexibility index (Phi) is 3.33. The molecule has 0 aliphatic carbocycles. The summed E-state index contributed by atoms with van der Waals surface area (Å²) in [6.45, 7) is 3.38. The summed E-state index contributed by atoms with van der Waals surface area (Å²) >= 11 is 0. The van der Waals surface area contributed by atoms with Gasteiger partial charge in [0.05, 0.1) is 5.69 Å². The monoisotopic (exact) mass is 296 g/mol. The van der Waals surface area contributed by atoms with Crippen LogP contribution in [0.2, 0.25) is 0 Å². The third-order valence-electron chi connectivity index (χ3n) is 3.60. The molecule has 1 aliphatic heterocycles. The molecule has 0 spiro atoms. The molecule has 0 radical (unpaired) electrons. The zero-order valence-corrected chi connectivity index (χ0v) is 12.3. The van der Waals surface area contributed by atoms with Crippen LogP contribution < -0.4 is 15.4 Å². The van der Waals surface area contributed by atoms with Crippen molar-refractivity contribution in [3.63, 3.8) is 0 Å². The molecule has 5 heteroatoms. The van der Waals surface area contributed by atoms with E-state index in [9.17, 15) is 9.59 Å². The van der Waals surface area contributed by atoms with Gasteiger partial charge in [-0.15, -0.1) is 0 Å². The smallest absolute Gasteiger partial charge is 0.278 e. The Morgan fingerprint density at radius 3 is 2.64 bits per heavy atom. The van der Waals surface area contributed by atoms with Crippen molar-refractivity contribution in [3.8, 4) is 5.75 Å². The molecule has 1 heterocycles. The highest BCUT2D eigenvalue weighted by Crippen LogP contribution is 2.34. The van der Waals surface area contributed by atoms with Crippen LogP contribution >= 0.6 is 0 Å². The van der Waals surface area contributed by atoms with E-state index < -0.39 is 17.4 Å². The predicted octanol–water partition coefficient (Wildman–Crippen LogP) is 2.72. The van der Waals surface area contributed by atoms with Crippen molar-refractivity contribution in [2.24, 2.45) is 0 Å². The van der Waals surface area contributed by atoms with Crippen LogP contribution in [0.5, 0.6) is 5.75 Å². The normalized spacial score (nSPS) is 19.6. The molecule has 2 aromatic carbocycles. The van der Waals surface area contributed by atoms with Crippen molar-refractivity contribution in [1.29, 1.82) is 0 Å². The van der Waals surface area contributed by atoms with Gasteiger partial charge in [0.2, 0.25) is 0 Å². The minimum absolute atomic E-state index is 0.482. The molecule has 5 nitrogen and oxygen atoms in total. The van der Waals surface area contributed by atoms with Gasteiger partial charge < -0.3 is 15.4 Å². The van der Waals surface area contributed by atoms with Crippen LogP contribution in [-0.4, -0.2) is 17.4 Å². The lowest BCUT2D eigenvalue weighted by atomic mass is 10.0. The van der Waals surface area contributed by atoms with Gasteiger partial charge >= 0.3 is 0 Å². The quantitative estimate of drug-likeness (QED) is 0.837. The highest BCUT2D eigenvalue weighted by Gasteiger charge is 2.47. The molecule has 1 aliphatic rings. The maximum absolute atomic E-state index is 12.5. The fourth-order valence-electron chi connectivity index (χ4n) is 2.26. The number of amides is 2. The summed E-state index contributed by atoms with van der Waals surface area (Å²) in [6, 6.07) is 14.4. The number of carbonyl (C=O) groups is 2. The van der Waals surface area contributed by atoms with Crippen molar-refractivity contribution in [2.75, 3.05) is 10.6 Å². The molecular weight excluding hydrogens is 280 g/mol. The largest absolute Gasteiger partial charge is 0.466 e. The first-order chi connectivity index (χ1) is 10.5. The Hall–Kier alpha value is -2.82. The fraction of sp³-hybridized carbons (Fsp3) is 0.176. The number of para-hydroxylation sites is 1. The Balaban J connectivity index is 1.88. The molecule has 0 bridgehead atoms. The van der Waals surface area contributed by atoms with Gasteiger partial charge in [0.25, 0.3) is 17.4 Å². The molecule has 0 saturated heterocycles. The third kappa shape index (κ3) is 2.41. The van der Waals surface area contributed by atoms with E-state index in [0.717, 1.165) is 5.56 Å². The van der Waals surface area contributed by atoms with E-state index in [0.29, 0.717) is 17.1 Å². The summed E-state index contributed by atoms with van der Waals surface area (Å²) in [6.07, 6.45) is 0. The number of ether oxygens (including phenoxy) is 1. The van der Waals surface area contributed by atoms with E-state index in [-0.39, 0.29) is 0 Å². The summed E-state index contributed by atoms with van der Waals surface area (Å²) < 4.78 is 5.70. The number of benzene rings is 2. The highest BCUT2D eigenvalue weighted by atomic mass is 16.5. The molecular formula is C17H16N2O3. The van der Waals surface area contributed by atoms with Gasteiger partial charge in [-0.2, -0.15) is 0 Å². The first-order valence-electron chi connectivity index (χ1n) is 6.97. The summed E-state index contributed by atoms with van der Waals surface area (Å²) in [5, 5.41) is 5.43. The number of hydrogen-bond acceptors (Lipinski definition) is 3. The molecule has 2 amide bonds. The standard InChI is InChI=1S/C17H16N2O3/c1-11-8-9-14-13(10-11)19-16(21)17(2,22-14)15(20)18-12-6-4-3-5-7-12/h3-10H,1-2H3,(H,18,20)(H,19,21). The lowest BCUT2D eigenvalue weighted by molar-refractivity contribution is -0.143. The zero-order valence-electron chi connectivity index (χ0n) is 12.3. The van der Waals surface area contributed by atoms with Crippen molar-refractivity contribution in [3.05, 3.63) is 54.1 Å². The second-order valence-corrected chi connectivity index (χ2v) is 5.41. The number of rotatable bonds is 2. The van der Waals surface area contributed by atoms with Crippen LogP contribution in [0.15, 0.2) is 48.5 Å². The Labute approximate surface area is 128 Å². The minimum Gasteiger partial charge on any atom is -0.466 e. The minimum atomic E-state index is -1.61. The summed E-state index contributed by atoms with van der Waals surface area (Å²) in [5.74, 6) is -0.516. The average molecular weight is 296 g/mol. The molecule has 1 atom stereocenters. The van der Waals surface area contributed by atoms with Crippen molar-refractivity contribution >= 4 is 23.2 Å². The summed E-state index contributed by atoms with van der Waals surface area (Å²) in [4.78, 5) is 24.8. The first-order valence-corrected chi connectivity index (χ1v) is 6.97. The van der Waals surface area contributed by atoms with Crippen LogP contribution in [0.4, 0.5) is 11.4 Å². The summed E-state index contributed by atoms with van der Waals surface area (Å²) in [7, 11) is 0. The van der Waals surface area contributed by atoms with Gasteiger partial charge in [0.15, 0.2) is 0 Å². The number of aryl methyl sites for hydroxylation is 1. The zero-order chi connectivity index (χ0) is 15.7. The molecule has 0 aromatic heterocycles. The topological polar surface area (TPSA) is 67.4 Å². The second kappa shape index (κ2) is 5.18. The average Bonchev–Trinajstić information content (AvgIpc) is 2.50. The SMILES string of the molecule is Cc1ccc2c(c1)NC(=O)C(C)(C(=O)Nc1ccccc1)O2. The second-order valence-electron chi connectivity index (χ2n) is 5.41. The Bertz CT molecular complexity index is 743. The number of anilines is 2. The van der Waals surface area contributed by atoms with Crippen LogP contribution in [0.25, 0.3) is 0 Å². The molecule has 0 saturated carbocycles. The summed E-state index contributed by atoms with van der Waals surface area (Å²) in [5.41, 5.74) is 0.577. The van der Waals surface area contributed by atoms with E-state index in [2.05, 4.69) is 10.6 Å². The molecule has 2 N–H and O–H groups in total. The third-order valence-corrected chi connectivity index (χ3v) is 3.60. The van der Waals surface area contributed by atoms with Gasteiger partial charge in [-0.25, -0.2) is 0 Å². The van der Waals surface area contributed by atoms with Crippen LogP contribution in [0.1, 0.15) is 12.5 Å². The lowest BCUT2D eigenvalue weighted by Gasteiger charge is -2.33.